The van der Waals surface area contributed by atoms with E-state index >= 15 is 0 Å². The number of hydrogen-bond donors (Lipinski definition) is 1. The average molecular weight is 345 g/mol. The number of benzene rings is 2. The molecular formula is C17H13BrO3. The van der Waals surface area contributed by atoms with E-state index < -0.39 is 0 Å². The van der Waals surface area contributed by atoms with Gasteiger partial charge in [-0.05, 0) is 29.3 Å². The van der Waals surface area contributed by atoms with Crippen molar-refractivity contribution in [2.45, 2.75) is 6.42 Å². The molecule has 3 nitrogen and oxygen atoms in total. The molecule has 3 rings (SSSR count). The van der Waals surface area contributed by atoms with Crippen LogP contribution in [0.15, 0.2) is 46.4 Å². The molecule has 0 radical (unpaired) electrons. The quantitative estimate of drug-likeness (QED) is 0.838. The van der Waals surface area contributed by atoms with Gasteiger partial charge in [-0.2, -0.15) is 0 Å². The number of carbonyl (C=O) groups excluding carboxylic acids is 1. The van der Waals surface area contributed by atoms with E-state index in [4.69, 9.17) is 4.74 Å². The maximum atomic E-state index is 12.3. The first kappa shape index (κ1) is 13.9. The molecule has 0 atom stereocenters. The molecule has 2 aromatic carbocycles. The highest BCUT2D eigenvalue weighted by Gasteiger charge is 2.24. The second-order valence-corrected chi connectivity index (χ2v) is 5.73. The number of carbonyl (C=O) groups is 1. The fraction of sp³-hybridized carbons (Fsp3) is 0.118. The molecular weight excluding hydrogens is 332 g/mol. The van der Waals surface area contributed by atoms with Crippen LogP contribution in [0.25, 0.3) is 6.08 Å². The van der Waals surface area contributed by atoms with Crippen LogP contribution in [0.5, 0.6) is 11.5 Å². The lowest BCUT2D eigenvalue weighted by Gasteiger charge is -2.07. The molecule has 0 bridgehead atoms. The molecule has 0 spiro atoms. The minimum Gasteiger partial charge on any atom is -0.504 e. The molecule has 0 heterocycles. The number of phenols is 1. The van der Waals surface area contributed by atoms with Gasteiger partial charge in [0, 0.05) is 22.0 Å². The molecule has 2 aromatic rings. The summed E-state index contributed by atoms with van der Waals surface area (Å²) in [4.78, 5) is 12.3. The predicted octanol–water partition coefficient (Wildman–Crippen LogP) is 3.99. The predicted molar refractivity (Wildman–Crippen MR) is 84.8 cm³/mol. The van der Waals surface area contributed by atoms with Gasteiger partial charge in [-0.25, -0.2) is 0 Å². The van der Waals surface area contributed by atoms with Crippen LogP contribution in [0.2, 0.25) is 0 Å². The van der Waals surface area contributed by atoms with Gasteiger partial charge in [0.05, 0.1) is 7.11 Å². The van der Waals surface area contributed by atoms with Gasteiger partial charge in [0.2, 0.25) is 0 Å². The number of ether oxygens (including phenoxy) is 1. The van der Waals surface area contributed by atoms with E-state index in [1.165, 1.54) is 7.11 Å². The van der Waals surface area contributed by atoms with Gasteiger partial charge in [0.1, 0.15) is 0 Å². The van der Waals surface area contributed by atoms with E-state index in [0.717, 1.165) is 26.7 Å². The lowest BCUT2D eigenvalue weighted by atomic mass is 10.1. The summed E-state index contributed by atoms with van der Waals surface area (Å²) in [5.74, 6) is 0.494. The number of phenolic OH excluding ortho intramolecular Hbond substituents is 1. The van der Waals surface area contributed by atoms with E-state index in [-0.39, 0.29) is 11.5 Å². The van der Waals surface area contributed by atoms with Crippen molar-refractivity contribution in [1.82, 2.24) is 0 Å². The summed E-state index contributed by atoms with van der Waals surface area (Å²) >= 11 is 3.44. The van der Waals surface area contributed by atoms with Crippen molar-refractivity contribution in [3.63, 3.8) is 0 Å². The molecule has 1 aliphatic rings. The van der Waals surface area contributed by atoms with Crippen molar-refractivity contribution in [2.75, 3.05) is 7.11 Å². The highest BCUT2D eigenvalue weighted by Crippen LogP contribution is 2.35. The number of Topliss-reactive ketones (excluding diaryl/α,β-unsaturated/α-hetero) is 1. The van der Waals surface area contributed by atoms with Gasteiger partial charge in [0.15, 0.2) is 17.3 Å². The minimum atomic E-state index is 0.0489. The Kier molecular flexibility index (Phi) is 3.55. The second-order valence-electron chi connectivity index (χ2n) is 4.88. The summed E-state index contributed by atoms with van der Waals surface area (Å²) in [5.41, 5.74) is 3.28. The molecule has 0 saturated carbocycles. The number of allylic oxidation sites excluding steroid dienone is 1. The summed E-state index contributed by atoms with van der Waals surface area (Å²) < 4.78 is 5.83. The summed E-state index contributed by atoms with van der Waals surface area (Å²) in [6, 6.07) is 10.9. The normalized spacial score (nSPS) is 15.3. The molecule has 4 heteroatoms. The lowest BCUT2D eigenvalue weighted by Crippen LogP contribution is -1.95. The Hall–Kier alpha value is -2.07. The maximum absolute atomic E-state index is 12.3. The maximum Gasteiger partial charge on any atom is 0.189 e. The van der Waals surface area contributed by atoms with Crippen molar-refractivity contribution in [2.24, 2.45) is 0 Å². The smallest absolute Gasteiger partial charge is 0.189 e. The summed E-state index contributed by atoms with van der Waals surface area (Å²) in [7, 11) is 1.50. The molecule has 0 saturated heterocycles. The number of aromatic hydroxyl groups is 1. The third-order valence-corrected chi connectivity index (χ3v) is 4.25. The van der Waals surface area contributed by atoms with E-state index in [9.17, 15) is 9.90 Å². The first-order valence-electron chi connectivity index (χ1n) is 6.50. The molecule has 1 aliphatic carbocycles. The van der Waals surface area contributed by atoms with Gasteiger partial charge in [-0.3, -0.25) is 4.79 Å². The van der Waals surface area contributed by atoms with E-state index in [1.807, 2.05) is 30.3 Å². The van der Waals surface area contributed by atoms with Gasteiger partial charge in [-0.1, -0.05) is 40.2 Å². The highest BCUT2D eigenvalue weighted by molar-refractivity contribution is 9.10. The van der Waals surface area contributed by atoms with Crippen molar-refractivity contribution >= 4 is 27.8 Å². The lowest BCUT2D eigenvalue weighted by molar-refractivity contribution is 0.104. The first-order chi connectivity index (χ1) is 10.1. The zero-order valence-electron chi connectivity index (χ0n) is 11.4. The van der Waals surface area contributed by atoms with Gasteiger partial charge >= 0.3 is 0 Å². The second kappa shape index (κ2) is 5.37. The first-order valence-corrected chi connectivity index (χ1v) is 7.29. The van der Waals surface area contributed by atoms with Crippen LogP contribution < -0.4 is 4.74 Å². The van der Waals surface area contributed by atoms with Crippen molar-refractivity contribution in [3.05, 3.63) is 63.1 Å². The van der Waals surface area contributed by atoms with Crippen molar-refractivity contribution < 1.29 is 14.6 Å². The monoisotopic (exact) mass is 344 g/mol. The molecule has 0 amide bonds. The molecule has 21 heavy (non-hydrogen) atoms. The fourth-order valence-electron chi connectivity index (χ4n) is 2.49. The largest absolute Gasteiger partial charge is 0.504 e. The molecule has 0 fully saturated rings. The van der Waals surface area contributed by atoms with Gasteiger partial charge < -0.3 is 9.84 Å². The topological polar surface area (TPSA) is 46.5 Å². The number of halogens is 1. The van der Waals surface area contributed by atoms with Crippen LogP contribution in [0.1, 0.15) is 21.5 Å². The van der Waals surface area contributed by atoms with Crippen LogP contribution in [0.3, 0.4) is 0 Å². The number of hydrogen-bond acceptors (Lipinski definition) is 3. The Labute approximate surface area is 131 Å². The highest BCUT2D eigenvalue weighted by atomic mass is 79.9. The minimum absolute atomic E-state index is 0.0489. The van der Waals surface area contributed by atoms with E-state index in [0.29, 0.717) is 12.2 Å². The van der Waals surface area contributed by atoms with Crippen LogP contribution in [-0.4, -0.2) is 18.0 Å². The zero-order chi connectivity index (χ0) is 15.0. The zero-order valence-corrected chi connectivity index (χ0v) is 13.0. The molecule has 1 N–H and O–H groups in total. The van der Waals surface area contributed by atoms with Crippen molar-refractivity contribution in [3.8, 4) is 11.5 Å². The number of rotatable bonds is 2. The van der Waals surface area contributed by atoms with Crippen molar-refractivity contribution in [1.29, 1.82) is 0 Å². The molecule has 106 valence electrons. The van der Waals surface area contributed by atoms with Crippen LogP contribution in [-0.2, 0) is 6.42 Å². The number of fused-ring (bicyclic) bond motifs is 1. The fourth-order valence-corrected chi connectivity index (χ4v) is 2.93. The molecule has 0 unspecified atom stereocenters. The Morgan fingerprint density at radius 2 is 2.05 bits per heavy atom. The average Bonchev–Trinajstić information content (AvgIpc) is 2.79. The SMILES string of the molecule is COc1cc(Br)c(/C=C2\Cc3ccccc3C2=O)cc1O. The Balaban J connectivity index is 2.01. The summed E-state index contributed by atoms with van der Waals surface area (Å²) in [6.07, 6.45) is 2.43. The van der Waals surface area contributed by atoms with Crippen LogP contribution in [0, 0.1) is 0 Å². The third kappa shape index (κ3) is 2.47. The Bertz CT molecular complexity index is 763. The third-order valence-electron chi connectivity index (χ3n) is 3.56. The Morgan fingerprint density at radius 3 is 2.76 bits per heavy atom. The molecule has 0 aromatic heterocycles. The van der Waals surface area contributed by atoms with Gasteiger partial charge in [-0.15, -0.1) is 0 Å². The summed E-state index contributed by atoms with van der Waals surface area (Å²) in [6.45, 7) is 0. The molecule has 0 aliphatic heterocycles. The number of ketones is 1. The van der Waals surface area contributed by atoms with Crippen LogP contribution >= 0.6 is 15.9 Å². The van der Waals surface area contributed by atoms with E-state index in [1.54, 1.807) is 12.1 Å². The Morgan fingerprint density at radius 1 is 1.29 bits per heavy atom. The summed E-state index contributed by atoms with van der Waals surface area (Å²) in [5, 5.41) is 9.87. The van der Waals surface area contributed by atoms with E-state index in [2.05, 4.69) is 15.9 Å². The number of methoxy groups -OCH3 is 1. The standard InChI is InChI=1S/C17H13BrO3/c1-21-16-9-14(18)11(8-15(16)19)7-12-6-10-4-2-3-5-13(10)17(12)20/h2-5,7-9,19H,6H2,1H3/b12-7+. The van der Waals surface area contributed by atoms with Gasteiger partial charge in [0.25, 0.3) is 0 Å². The van der Waals surface area contributed by atoms with Crippen LogP contribution in [0.4, 0.5) is 0 Å².